The third kappa shape index (κ3) is 4.47. The molecule has 3 heterocycles. The number of fused-ring (bicyclic) bond motifs is 2. The molecule has 2 amide bonds. The molecule has 2 aliphatic rings. The van der Waals surface area contributed by atoms with Gasteiger partial charge in [-0.05, 0) is 53.6 Å². The Morgan fingerprint density at radius 3 is 2.91 bits per heavy atom. The number of ether oxygens (including phenoxy) is 3. The highest BCUT2D eigenvalue weighted by molar-refractivity contribution is 7.91. The van der Waals surface area contributed by atoms with Crippen LogP contribution in [0, 0.1) is 0 Å². The molecule has 35 heavy (non-hydrogen) atoms. The highest BCUT2D eigenvalue weighted by atomic mass is 32.2. The molecule has 0 saturated carbocycles. The van der Waals surface area contributed by atoms with Gasteiger partial charge in [-0.25, -0.2) is 23.8 Å². The second-order valence-electron chi connectivity index (χ2n) is 8.31. The fraction of sp³-hybridized carbons (Fsp3) is 0.348. The molecule has 11 nitrogen and oxygen atoms in total. The average Bonchev–Trinajstić information content (AvgIpc) is 3.51. The normalized spacial score (nSPS) is 18.1. The van der Waals surface area contributed by atoms with Crippen molar-refractivity contribution in [1.29, 1.82) is 0 Å². The number of anilines is 1. The number of hydrogen-bond acceptors (Lipinski definition) is 7. The average molecular weight is 499 g/mol. The molecule has 3 N–H and O–H groups in total. The van der Waals surface area contributed by atoms with Crippen LogP contribution in [0.4, 0.5) is 10.5 Å². The predicted octanol–water partition coefficient (Wildman–Crippen LogP) is 2.78. The second-order valence-corrected chi connectivity index (χ2v) is 10.1. The lowest BCUT2D eigenvalue weighted by Gasteiger charge is -2.23. The van der Waals surface area contributed by atoms with Gasteiger partial charge < -0.3 is 19.5 Å². The zero-order valence-corrected chi connectivity index (χ0v) is 20.2. The SMILES string of the molecule is COc1cc(-c2ccc(NC(=O)N=S(N)(=O)c3cnn4c3OC[C@H](OC)C4)c3c2CCC3)ccn1. The van der Waals surface area contributed by atoms with E-state index < -0.39 is 15.9 Å². The van der Waals surface area contributed by atoms with Crippen LogP contribution in [0.3, 0.4) is 0 Å². The van der Waals surface area contributed by atoms with E-state index in [-0.39, 0.29) is 23.5 Å². The van der Waals surface area contributed by atoms with E-state index in [0.29, 0.717) is 18.1 Å². The van der Waals surface area contributed by atoms with Crippen molar-refractivity contribution >= 4 is 21.6 Å². The summed E-state index contributed by atoms with van der Waals surface area (Å²) in [7, 11) is -0.426. The minimum Gasteiger partial charge on any atom is -0.481 e. The van der Waals surface area contributed by atoms with Crippen molar-refractivity contribution in [2.24, 2.45) is 9.50 Å². The molecule has 184 valence electrons. The summed E-state index contributed by atoms with van der Waals surface area (Å²) in [5, 5.41) is 12.9. The summed E-state index contributed by atoms with van der Waals surface area (Å²) in [6, 6.07) is 6.79. The number of nitrogens with zero attached hydrogens (tertiary/aromatic N) is 4. The van der Waals surface area contributed by atoms with Crippen LogP contribution >= 0.6 is 0 Å². The number of nitrogens with one attached hydrogen (secondary N) is 1. The minimum atomic E-state index is -3.58. The van der Waals surface area contributed by atoms with Crippen molar-refractivity contribution in [3.8, 4) is 22.9 Å². The van der Waals surface area contributed by atoms with Crippen LogP contribution in [0.15, 0.2) is 45.9 Å². The van der Waals surface area contributed by atoms with Crippen molar-refractivity contribution < 1.29 is 23.2 Å². The van der Waals surface area contributed by atoms with Crippen LogP contribution < -0.4 is 19.9 Å². The Hall–Kier alpha value is -3.48. The molecule has 1 aliphatic heterocycles. The highest BCUT2D eigenvalue weighted by Gasteiger charge is 2.28. The summed E-state index contributed by atoms with van der Waals surface area (Å²) in [4.78, 5) is 17.0. The highest BCUT2D eigenvalue weighted by Crippen LogP contribution is 2.37. The van der Waals surface area contributed by atoms with Gasteiger partial charge in [-0.15, -0.1) is 4.36 Å². The van der Waals surface area contributed by atoms with Crippen LogP contribution in [0.25, 0.3) is 11.1 Å². The minimum absolute atomic E-state index is 0.0782. The maximum atomic E-state index is 13.2. The number of nitrogens with two attached hydrogens (primary N) is 1. The second kappa shape index (κ2) is 9.29. The largest absolute Gasteiger partial charge is 0.481 e. The van der Waals surface area contributed by atoms with Crippen molar-refractivity contribution in [1.82, 2.24) is 14.8 Å². The number of amides is 2. The topological polar surface area (TPSA) is 143 Å². The first kappa shape index (κ1) is 23.3. The monoisotopic (exact) mass is 498 g/mol. The molecular weight excluding hydrogens is 472 g/mol. The van der Waals surface area contributed by atoms with E-state index in [2.05, 4.69) is 19.8 Å². The van der Waals surface area contributed by atoms with E-state index in [1.54, 1.807) is 20.4 Å². The Kier molecular flexibility index (Phi) is 6.17. The predicted molar refractivity (Wildman–Crippen MR) is 129 cm³/mol. The first-order valence-electron chi connectivity index (χ1n) is 11.1. The van der Waals surface area contributed by atoms with Crippen LogP contribution in [0.2, 0.25) is 0 Å². The van der Waals surface area contributed by atoms with Gasteiger partial charge in [-0.3, -0.25) is 0 Å². The molecule has 12 heteroatoms. The number of methoxy groups -OCH3 is 2. The summed E-state index contributed by atoms with van der Waals surface area (Å²) < 4.78 is 34.6. The Morgan fingerprint density at radius 2 is 2.11 bits per heavy atom. The quantitative estimate of drug-likeness (QED) is 0.550. The molecule has 5 rings (SSSR count). The number of benzene rings is 1. The standard InChI is InChI=1S/C23H26N6O5S/c1-32-15-12-29-22(34-13-15)20(11-26-29)35(24,31)28-23(30)27-19-7-6-16(17-4-3-5-18(17)19)14-8-9-25-21(10-14)33-2/h6-11,15H,3-5,12-13H2,1-2H3,(H3,24,27,28,30,31)/t15-,35?/m1/s1. The zero-order valence-electron chi connectivity index (χ0n) is 19.4. The molecule has 3 aromatic rings. The molecule has 1 aromatic carbocycles. The van der Waals surface area contributed by atoms with E-state index in [4.69, 9.17) is 19.3 Å². The molecule has 1 aliphatic carbocycles. The van der Waals surface area contributed by atoms with E-state index in [1.807, 2.05) is 24.3 Å². The number of carbonyl (C=O) groups is 1. The molecular formula is C23H26N6O5S. The van der Waals surface area contributed by atoms with Gasteiger partial charge in [0.15, 0.2) is 9.92 Å². The summed E-state index contributed by atoms with van der Waals surface area (Å²) >= 11 is 0. The smallest absolute Gasteiger partial charge is 0.354 e. The van der Waals surface area contributed by atoms with Crippen molar-refractivity contribution in [3.63, 3.8) is 0 Å². The maximum absolute atomic E-state index is 13.2. The van der Waals surface area contributed by atoms with Crippen molar-refractivity contribution in [2.75, 3.05) is 26.1 Å². The van der Waals surface area contributed by atoms with Gasteiger partial charge in [-0.1, -0.05) is 6.07 Å². The number of pyridine rings is 1. The third-order valence-corrected chi connectivity index (χ3v) is 7.54. The molecule has 0 spiro atoms. The number of carbonyl (C=O) groups excluding carboxylic acids is 1. The molecule has 0 radical (unpaired) electrons. The van der Waals surface area contributed by atoms with Crippen LogP contribution in [0.1, 0.15) is 17.5 Å². The summed E-state index contributed by atoms with van der Waals surface area (Å²) in [5.74, 6) is 0.771. The number of urea groups is 1. The Labute approximate surface area is 202 Å². The first-order chi connectivity index (χ1) is 16.9. The van der Waals surface area contributed by atoms with E-state index in [0.717, 1.165) is 41.5 Å². The summed E-state index contributed by atoms with van der Waals surface area (Å²) in [5.41, 5.74) is 4.86. The Balaban J connectivity index is 1.41. The van der Waals surface area contributed by atoms with Gasteiger partial charge >= 0.3 is 6.03 Å². The summed E-state index contributed by atoms with van der Waals surface area (Å²) in [6.07, 6.45) is 5.50. The van der Waals surface area contributed by atoms with Gasteiger partial charge in [0.05, 0.1) is 19.9 Å². The van der Waals surface area contributed by atoms with E-state index in [1.165, 1.54) is 10.9 Å². The van der Waals surface area contributed by atoms with Crippen LogP contribution in [-0.4, -0.2) is 51.9 Å². The van der Waals surface area contributed by atoms with Crippen molar-refractivity contribution in [2.45, 2.75) is 36.8 Å². The maximum Gasteiger partial charge on any atom is 0.354 e. The fourth-order valence-electron chi connectivity index (χ4n) is 4.49. The lowest BCUT2D eigenvalue weighted by molar-refractivity contribution is 0.0165. The van der Waals surface area contributed by atoms with Gasteiger partial charge in [0, 0.05) is 25.1 Å². The molecule has 0 bridgehead atoms. The summed E-state index contributed by atoms with van der Waals surface area (Å²) in [6.45, 7) is 0.689. The van der Waals surface area contributed by atoms with E-state index in [9.17, 15) is 9.00 Å². The van der Waals surface area contributed by atoms with Crippen LogP contribution in [0.5, 0.6) is 11.8 Å². The van der Waals surface area contributed by atoms with Crippen molar-refractivity contribution in [3.05, 3.63) is 47.8 Å². The van der Waals surface area contributed by atoms with Crippen LogP contribution in [-0.2, 0) is 34.0 Å². The molecule has 1 unspecified atom stereocenters. The fourth-order valence-corrected chi connectivity index (χ4v) is 5.49. The molecule has 2 aromatic heterocycles. The number of hydrogen-bond donors (Lipinski definition) is 2. The Bertz CT molecular complexity index is 1410. The number of rotatable bonds is 5. The Morgan fingerprint density at radius 1 is 1.29 bits per heavy atom. The van der Waals surface area contributed by atoms with Gasteiger partial charge in [0.2, 0.25) is 11.8 Å². The zero-order chi connectivity index (χ0) is 24.6. The lowest BCUT2D eigenvalue weighted by atomic mass is 9.96. The molecule has 2 atom stereocenters. The lowest BCUT2D eigenvalue weighted by Crippen LogP contribution is -2.32. The van der Waals surface area contributed by atoms with E-state index >= 15 is 0 Å². The van der Waals surface area contributed by atoms with Gasteiger partial charge in [0.25, 0.3) is 0 Å². The molecule has 0 saturated heterocycles. The van der Waals surface area contributed by atoms with Gasteiger partial charge in [-0.2, -0.15) is 5.10 Å². The van der Waals surface area contributed by atoms with Gasteiger partial charge in [0.1, 0.15) is 17.6 Å². The first-order valence-corrected chi connectivity index (χ1v) is 12.7. The third-order valence-electron chi connectivity index (χ3n) is 6.19. The number of aromatic nitrogens is 3. The molecule has 0 fully saturated rings.